The second-order valence-electron chi connectivity index (χ2n) is 2.95. The van der Waals surface area contributed by atoms with Crippen molar-refractivity contribution in [1.82, 2.24) is 5.43 Å². The Kier molecular flexibility index (Phi) is 3.90. The summed E-state index contributed by atoms with van der Waals surface area (Å²) in [7, 11) is 0. The zero-order chi connectivity index (χ0) is 12.1. The molecule has 0 aliphatic carbocycles. The molecule has 0 fully saturated rings. The molecule has 0 heterocycles. The molecule has 0 saturated carbocycles. The molecule has 0 saturated heterocycles. The van der Waals surface area contributed by atoms with Gasteiger partial charge in [-0.2, -0.15) is 5.10 Å². The van der Waals surface area contributed by atoms with Crippen LogP contribution in [-0.2, 0) is 0 Å². The van der Waals surface area contributed by atoms with E-state index >= 15 is 0 Å². The van der Waals surface area contributed by atoms with Crippen LogP contribution in [-0.4, -0.2) is 15.7 Å². The van der Waals surface area contributed by atoms with Crippen LogP contribution in [0.2, 0.25) is 0 Å². The molecule has 0 aromatic heterocycles. The number of hydrazone groups is 1. The Morgan fingerprint density at radius 3 is 2.75 bits per heavy atom. The Labute approximate surface area is 97.3 Å². The number of nitrogens with one attached hydrogen (secondary N) is 1. The smallest absolute Gasteiger partial charge is 0.278 e. The molecule has 1 aromatic carbocycles. The first-order valence-electron chi connectivity index (χ1n) is 4.36. The maximum Gasteiger partial charge on any atom is 0.278 e. The molecular weight excluding hydrogens is 228 g/mol. The van der Waals surface area contributed by atoms with Gasteiger partial charge in [-0.25, -0.2) is 0 Å². The zero-order valence-corrected chi connectivity index (χ0v) is 9.32. The van der Waals surface area contributed by atoms with Crippen LogP contribution in [0.5, 0.6) is 0 Å². The van der Waals surface area contributed by atoms with Crippen LogP contribution in [0.25, 0.3) is 0 Å². The van der Waals surface area contributed by atoms with Crippen molar-refractivity contribution in [2.45, 2.75) is 6.92 Å². The number of nitro groups is 1. The molecule has 0 spiro atoms. The summed E-state index contributed by atoms with van der Waals surface area (Å²) in [5.41, 5.74) is 8.45. The molecule has 84 valence electrons. The van der Waals surface area contributed by atoms with Crippen LogP contribution >= 0.6 is 12.2 Å². The van der Waals surface area contributed by atoms with Crippen molar-refractivity contribution in [2.24, 2.45) is 10.8 Å². The highest BCUT2D eigenvalue weighted by Crippen LogP contribution is 2.18. The molecule has 0 atom stereocenters. The van der Waals surface area contributed by atoms with Crippen molar-refractivity contribution in [3.63, 3.8) is 0 Å². The fourth-order valence-electron chi connectivity index (χ4n) is 1.14. The lowest BCUT2D eigenvalue weighted by Gasteiger charge is -2.02. The summed E-state index contributed by atoms with van der Waals surface area (Å²) in [6.07, 6.45) is 0. The number of thiocarbonyl (C=S) groups is 1. The van der Waals surface area contributed by atoms with Gasteiger partial charge in [0.15, 0.2) is 5.11 Å². The van der Waals surface area contributed by atoms with Gasteiger partial charge >= 0.3 is 0 Å². The lowest BCUT2D eigenvalue weighted by molar-refractivity contribution is -0.385. The van der Waals surface area contributed by atoms with E-state index in [9.17, 15) is 10.1 Å². The number of para-hydroxylation sites is 1. The molecule has 7 heteroatoms. The van der Waals surface area contributed by atoms with Crippen molar-refractivity contribution in [3.8, 4) is 0 Å². The van der Waals surface area contributed by atoms with Crippen LogP contribution in [0.1, 0.15) is 12.5 Å². The lowest BCUT2D eigenvalue weighted by Crippen LogP contribution is -2.25. The van der Waals surface area contributed by atoms with Crippen LogP contribution < -0.4 is 11.2 Å². The largest absolute Gasteiger partial charge is 0.375 e. The van der Waals surface area contributed by atoms with Gasteiger partial charge in [-0.15, -0.1) is 0 Å². The summed E-state index contributed by atoms with van der Waals surface area (Å²) < 4.78 is 0. The van der Waals surface area contributed by atoms with E-state index in [4.69, 9.17) is 5.73 Å². The molecular formula is C9H10N4O2S. The van der Waals surface area contributed by atoms with E-state index < -0.39 is 4.92 Å². The Morgan fingerprint density at radius 1 is 1.56 bits per heavy atom. The van der Waals surface area contributed by atoms with Crippen molar-refractivity contribution < 1.29 is 4.92 Å². The number of nitrogens with zero attached hydrogens (tertiary/aromatic N) is 2. The van der Waals surface area contributed by atoms with Gasteiger partial charge in [0.2, 0.25) is 0 Å². The van der Waals surface area contributed by atoms with E-state index in [-0.39, 0.29) is 10.8 Å². The van der Waals surface area contributed by atoms with Crippen LogP contribution in [0.15, 0.2) is 29.4 Å². The molecule has 0 amide bonds. The average molecular weight is 238 g/mol. The van der Waals surface area contributed by atoms with Crippen molar-refractivity contribution in [1.29, 1.82) is 0 Å². The molecule has 1 aromatic rings. The third kappa shape index (κ3) is 2.99. The van der Waals surface area contributed by atoms with Gasteiger partial charge in [0.1, 0.15) is 0 Å². The monoisotopic (exact) mass is 238 g/mol. The lowest BCUT2D eigenvalue weighted by atomic mass is 10.1. The van der Waals surface area contributed by atoms with E-state index in [0.29, 0.717) is 11.3 Å². The predicted octanol–water partition coefficient (Wildman–Crippen LogP) is 1.15. The Morgan fingerprint density at radius 2 is 2.19 bits per heavy atom. The SMILES string of the molecule is CC(=NNC(N)=S)c1ccccc1[N+](=O)[O-]. The molecule has 0 unspecified atom stereocenters. The first-order chi connectivity index (χ1) is 7.52. The zero-order valence-electron chi connectivity index (χ0n) is 8.51. The number of hydrogen-bond donors (Lipinski definition) is 2. The average Bonchev–Trinajstić information content (AvgIpc) is 2.25. The van der Waals surface area contributed by atoms with E-state index in [1.54, 1.807) is 25.1 Å². The quantitative estimate of drug-likeness (QED) is 0.356. The summed E-state index contributed by atoms with van der Waals surface area (Å²) >= 11 is 4.57. The fourth-order valence-corrected chi connectivity index (χ4v) is 1.18. The minimum atomic E-state index is -0.463. The fraction of sp³-hybridized carbons (Fsp3) is 0.111. The number of benzene rings is 1. The summed E-state index contributed by atoms with van der Waals surface area (Å²) in [5, 5.41) is 14.6. The van der Waals surface area contributed by atoms with Gasteiger partial charge in [0, 0.05) is 6.07 Å². The predicted molar refractivity (Wildman–Crippen MR) is 65.2 cm³/mol. The number of rotatable bonds is 3. The molecule has 0 radical (unpaired) electrons. The molecule has 0 bridgehead atoms. The van der Waals surface area contributed by atoms with Gasteiger partial charge in [-0.3, -0.25) is 15.5 Å². The van der Waals surface area contributed by atoms with E-state index in [1.807, 2.05) is 0 Å². The second-order valence-corrected chi connectivity index (χ2v) is 3.39. The van der Waals surface area contributed by atoms with Crippen molar-refractivity contribution >= 4 is 28.7 Å². The number of hydrogen-bond acceptors (Lipinski definition) is 4. The minimum absolute atomic E-state index is 0.00603. The topological polar surface area (TPSA) is 93.5 Å². The van der Waals surface area contributed by atoms with Gasteiger partial charge in [0.05, 0.1) is 16.2 Å². The number of nitro benzene ring substituents is 1. The van der Waals surface area contributed by atoms with Crippen molar-refractivity contribution in [2.75, 3.05) is 0 Å². The van der Waals surface area contributed by atoms with Gasteiger partial charge < -0.3 is 5.73 Å². The first kappa shape index (κ1) is 12.1. The van der Waals surface area contributed by atoms with Crippen molar-refractivity contribution in [3.05, 3.63) is 39.9 Å². The summed E-state index contributed by atoms with van der Waals surface area (Å²) in [6, 6.07) is 6.31. The molecule has 6 nitrogen and oxygen atoms in total. The van der Waals surface area contributed by atoms with Gasteiger partial charge in [0.25, 0.3) is 5.69 Å². The maximum absolute atomic E-state index is 10.7. The molecule has 16 heavy (non-hydrogen) atoms. The second kappa shape index (κ2) is 5.17. The third-order valence-corrected chi connectivity index (χ3v) is 1.92. The van der Waals surface area contributed by atoms with E-state index in [2.05, 4.69) is 22.7 Å². The molecule has 1 rings (SSSR count). The van der Waals surface area contributed by atoms with Gasteiger partial charge in [-0.1, -0.05) is 12.1 Å². The normalized spacial score (nSPS) is 10.9. The van der Waals surface area contributed by atoms with Crippen LogP contribution in [0.4, 0.5) is 5.69 Å². The standard InChI is InChI=1S/C9H10N4O2S/c1-6(11-12-9(10)16)7-4-2-3-5-8(7)13(14)15/h2-5H,1H3,(H3,10,12,16). The van der Waals surface area contributed by atoms with E-state index in [1.165, 1.54) is 6.07 Å². The van der Waals surface area contributed by atoms with Crippen LogP contribution in [0.3, 0.4) is 0 Å². The van der Waals surface area contributed by atoms with Gasteiger partial charge in [-0.05, 0) is 25.2 Å². The van der Waals surface area contributed by atoms with Crippen LogP contribution in [0, 0.1) is 10.1 Å². The third-order valence-electron chi connectivity index (χ3n) is 1.82. The highest BCUT2D eigenvalue weighted by atomic mass is 32.1. The molecule has 0 aliphatic rings. The summed E-state index contributed by atoms with van der Waals surface area (Å²) in [6.45, 7) is 1.63. The minimum Gasteiger partial charge on any atom is -0.375 e. The number of nitrogens with two attached hydrogens (primary N) is 1. The highest BCUT2D eigenvalue weighted by molar-refractivity contribution is 7.80. The summed E-state index contributed by atoms with van der Waals surface area (Å²) in [4.78, 5) is 10.3. The summed E-state index contributed by atoms with van der Waals surface area (Å²) in [5.74, 6) is 0. The Bertz CT molecular complexity index is 459. The molecule has 0 aliphatic heterocycles. The van der Waals surface area contributed by atoms with E-state index in [0.717, 1.165) is 0 Å². The Balaban J connectivity index is 3.07. The maximum atomic E-state index is 10.7. The molecule has 3 N–H and O–H groups in total. The first-order valence-corrected chi connectivity index (χ1v) is 4.76. The Hall–Kier alpha value is -2.02. The highest BCUT2D eigenvalue weighted by Gasteiger charge is 2.14.